The van der Waals surface area contributed by atoms with Crippen molar-refractivity contribution in [2.75, 3.05) is 18.5 Å². The number of hydrogen-bond donors (Lipinski definition) is 3. The molecule has 2 rings (SSSR count). The van der Waals surface area contributed by atoms with E-state index >= 15 is 0 Å². The predicted octanol–water partition coefficient (Wildman–Crippen LogP) is 3.01. The van der Waals surface area contributed by atoms with Crippen LogP contribution >= 0.6 is 23.2 Å². The van der Waals surface area contributed by atoms with Crippen molar-refractivity contribution < 1.29 is 19.1 Å². The van der Waals surface area contributed by atoms with Gasteiger partial charge in [-0.3, -0.25) is 14.4 Å². The van der Waals surface area contributed by atoms with E-state index in [1.54, 1.807) is 42.5 Å². The Morgan fingerprint density at radius 3 is 2.50 bits per heavy atom. The minimum absolute atomic E-state index is 0.0314. The minimum Gasteiger partial charge on any atom is -0.491 e. The number of para-hydroxylation sites is 1. The molecular formula is C19H19Cl2N3O4. The monoisotopic (exact) mass is 423 g/mol. The number of amides is 3. The summed E-state index contributed by atoms with van der Waals surface area (Å²) in [5.41, 5.74) is 5.67. The van der Waals surface area contributed by atoms with E-state index in [4.69, 9.17) is 33.7 Å². The normalized spacial score (nSPS) is 10.2. The number of nitrogens with two attached hydrogens (primary N) is 1. The third kappa shape index (κ3) is 6.44. The van der Waals surface area contributed by atoms with Gasteiger partial charge in [0.05, 0.1) is 29.3 Å². The summed E-state index contributed by atoms with van der Waals surface area (Å²) in [6, 6.07) is 11.5. The highest BCUT2D eigenvalue weighted by Gasteiger charge is 2.13. The number of ether oxygens (including phenoxy) is 1. The molecule has 0 aliphatic heterocycles. The van der Waals surface area contributed by atoms with Crippen LogP contribution in [0.4, 0.5) is 5.69 Å². The molecule has 0 fully saturated rings. The number of benzene rings is 2. The molecule has 0 heterocycles. The van der Waals surface area contributed by atoms with Crippen LogP contribution in [0, 0.1) is 0 Å². The van der Waals surface area contributed by atoms with Crippen molar-refractivity contribution in [1.82, 2.24) is 5.32 Å². The van der Waals surface area contributed by atoms with Crippen molar-refractivity contribution in [2.24, 2.45) is 5.73 Å². The van der Waals surface area contributed by atoms with Crippen LogP contribution < -0.4 is 21.1 Å². The van der Waals surface area contributed by atoms with E-state index in [9.17, 15) is 14.4 Å². The number of rotatable bonds is 9. The maximum absolute atomic E-state index is 12.2. The highest BCUT2D eigenvalue weighted by molar-refractivity contribution is 6.42. The molecule has 0 aromatic heterocycles. The standard InChI is InChI=1S/C19H19Cl2N3O4/c20-13-5-3-7-15(18(13)21)28-11-9-17(26)24-14-6-2-1-4-12(14)19(27)23-10-8-16(22)25/h1-7H,8-11H2,(H2,22,25)(H,23,27)(H,24,26). The Labute approximate surface area is 172 Å². The molecule has 0 saturated heterocycles. The third-order valence-corrected chi connectivity index (χ3v) is 4.41. The van der Waals surface area contributed by atoms with E-state index in [2.05, 4.69) is 10.6 Å². The van der Waals surface area contributed by atoms with Gasteiger partial charge in [0.25, 0.3) is 5.91 Å². The molecule has 2 aromatic rings. The first-order chi connectivity index (χ1) is 13.4. The first-order valence-electron chi connectivity index (χ1n) is 8.40. The second-order valence-electron chi connectivity index (χ2n) is 5.72. The summed E-state index contributed by atoms with van der Waals surface area (Å²) in [5.74, 6) is -0.882. The Morgan fingerprint density at radius 2 is 1.75 bits per heavy atom. The highest BCUT2D eigenvalue weighted by atomic mass is 35.5. The van der Waals surface area contributed by atoms with Gasteiger partial charge < -0.3 is 21.1 Å². The molecule has 148 valence electrons. The number of halogens is 2. The van der Waals surface area contributed by atoms with Gasteiger partial charge in [-0.15, -0.1) is 0 Å². The number of carbonyl (C=O) groups is 3. The van der Waals surface area contributed by atoms with Crippen LogP contribution in [0.25, 0.3) is 0 Å². The first-order valence-corrected chi connectivity index (χ1v) is 9.16. The van der Waals surface area contributed by atoms with Gasteiger partial charge in [0.2, 0.25) is 11.8 Å². The molecule has 0 radical (unpaired) electrons. The summed E-state index contributed by atoms with van der Waals surface area (Å²) in [6.45, 7) is 0.198. The van der Waals surface area contributed by atoms with Gasteiger partial charge in [-0.1, -0.05) is 41.4 Å². The second kappa shape index (κ2) is 10.5. The van der Waals surface area contributed by atoms with Gasteiger partial charge >= 0.3 is 0 Å². The highest BCUT2D eigenvalue weighted by Crippen LogP contribution is 2.31. The zero-order valence-electron chi connectivity index (χ0n) is 14.8. The van der Waals surface area contributed by atoms with E-state index in [1.165, 1.54) is 0 Å². The fourth-order valence-corrected chi connectivity index (χ4v) is 2.59. The lowest BCUT2D eigenvalue weighted by atomic mass is 10.1. The lowest BCUT2D eigenvalue weighted by molar-refractivity contribution is -0.118. The Kier molecular flexibility index (Phi) is 8.10. The number of carbonyl (C=O) groups excluding carboxylic acids is 3. The largest absolute Gasteiger partial charge is 0.491 e. The number of primary amides is 1. The number of anilines is 1. The Balaban J connectivity index is 1.90. The number of hydrogen-bond acceptors (Lipinski definition) is 4. The molecule has 2 aromatic carbocycles. The molecule has 0 bridgehead atoms. The fraction of sp³-hybridized carbons (Fsp3) is 0.211. The van der Waals surface area contributed by atoms with Crippen molar-refractivity contribution in [3.63, 3.8) is 0 Å². The van der Waals surface area contributed by atoms with E-state index in [-0.39, 0.29) is 42.5 Å². The maximum Gasteiger partial charge on any atom is 0.253 e. The van der Waals surface area contributed by atoms with E-state index in [1.807, 2.05) is 0 Å². The minimum atomic E-state index is -0.512. The van der Waals surface area contributed by atoms with E-state index in [0.29, 0.717) is 16.5 Å². The Bertz CT molecular complexity index is 874. The van der Waals surface area contributed by atoms with Crippen molar-refractivity contribution in [3.05, 3.63) is 58.1 Å². The summed E-state index contributed by atoms with van der Waals surface area (Å²) < 4.78 is 5.48. The lowest BCUT2D eigenvalue weighted by Crippen LogP contribution is -2.29. The van der Waals surface area contributed by atoms with Gasteiger partial charge in [0.15, 0.2) is 0 Å². The van der Waals surface area contributed by atoms with Crippen LogP contribution in [-0.4, -0.2) is 30.9 Å². The summed E-state index contributed by atoms with van der Waals surface area (Å²) in [7, 11) is 0. The molecule has 7 nitrogen and oxygen atoms in total. The van der Waals surface area contributed by atoms with Gasteiger partial charge in [-0.2, -0.15) is 0 Å². The van der Waals surface area contributed by atoms with Crippen molar-refractivity contribution in [2.45, 2.75) is 12.8 Å². The summed E-state index contributed by atoms with van der Waals surface area (Å²) in [4.78, 5) is 35.2. The summed E-state index contributed by atoms with van der Waals surface area (Å²) >= 11 is 11.9. The molecule has 0 atom stereocenters. The topological polar surface area (TPSA) is 111 Å². The van der Waals surface area contributed by atoms with E-state index in [0.717, 1.165) is 0 Å². The molecular weight excluding hydrogens is 405 g/mol. The van der Waals surface area contributed by atoms with Gasteiger partial charge in [0, 0.05) is 13.0 Å². The van der Waals surface area contributed by atoms with Crippen LogP contribution in [0.3, 0.4) is 0 Å². The smallest absolute Gasteiger partial charge is 0.253 e. The van der Waals surface area contributed by atoms with E-state index < -0.39 is 11.8 Å². The van der Waals surface area contributed by atoms with Crippen LogP contribution in [0.2, 0.25) is 10.0 Å². The molecule has 0 unspecified atom stereocenters. The predicted molar refractivity (Wildman–Crippen MR) is 108 cm³/mol. The summed E-state index contributed by atoms with van der Waals surface area (Å²) in [6.07, 6.45) is 0.0735. The molecule has 0 saturated carbocycles. The van der Waals surface area contributed by atoms with Crippen molar-refractivity contribution in [1.29, 1.82) is 0 Å². The quantitative estimate of drug-likeness (QED) is 0.575. The molecule has 4 N–H and O–H groups in total. The maximum atomic E-state index is 12.2. The Morgan fingerprint density at radius 1 is 1.00 bits per heavy atom. The average molecular weight is 424 g/mol. The lowest BCUT2D eigenvalue weighted by Gasteiger charge is -2.12. The molecule has 3 amide bonds. The van der Waals surface area contributed by atoms with Crippen LogP contribution in [-0.2, 0) is 9.59 Å². The molecule has 0 spiro atoms. The summed E-state index contributed by atoms with van der Waals surface area (Å²) in [5, 5.41) is 5.89. The third-order valence-electron chi connectivity index (χ3n) is 3.61. The SMILES string of the molecule is NC(=O)CCNC(=O)c1ccccc1NC(=O)CCOc1cccc(Cl)c1Cl. The Hall–Kier alpha value is -2.77. The molecule has 0 aliphatic carbocycles. The molecule has 0 aliphatic rings. The molecule has 9 heteroatoms. The second-order valence-corrected chi connectivity index (χ2v) is 6.50. The first kappa shape index (κ1) is 21.5. The zero-order valence-corrected chi connectivity index (χ0v) is 16.3. The van der Waals surface area contributed by atoms with Gasteiger partial charge in [-0.05, 0) is 24.3 Å². The average Bonchev–Trinajstić information content (AvgIpc) is 2.65. The zero-order chi connectivity index (χ0) is 20.5. The van der Waals surface area contributed by atoms with Crippen LogP contribution in [0.1, 0.15) is 23.2 Å². The number of nitrogens with one attached hydrogen (secondary N) is 2. The fourth-order valence-electron chi connectivity index (χ4n) is 2.25. The molecule has 28 heavy (non-hydrogen) atoms. The van der Waals surface area contributed by atoms with Crippen LogP contribution in [0.15, 0.2) is 42.5 Å². The van der Waals surface area contributed by atoms with Gasteiger partial charge in [0.1, 0.15) is 10.8 Å². The van der Waals surface area contributed by atoms with Crippen molar-refractivity contribution in [3.8, 4) is 5.75 Å². The van der Waals surface area contributed by atoms with Gasteiger partial charge in [-0.25, -0.2) is 0 Å². The van der Waals surface area contributed by atoms with Crippen molar-refractivity contribution >= 4 is 46.6 Å². The van der Waals surface area contributed by atoms with Crippen LogP contribution in [0.5, 0.6) is 5.75 Å².